The van der Waals surface area contributed by atoms with E-state index in [0.717, 1.165) is 36.8 Å². The Bertz CT molecular complexity index is 1720. The van der Waals surface area contributed by atoms with E-state index in [4.69, 9.17) is 4.74 Å². The van der Waals surface area contributed by atoms with E-state index in [0.29, 0.717) is 32.5 Å². The third-order valence-electron chi connectivity index (χ3n) is 10.9. The molecule has 1 aromatic rings. The quantitative estimate of drug-likeness (QED) is 0.375. The predicted octanol–water partition coefficient (Wildman–Crippen LogP) is 2.56. The Balaban J connectivity index is 1.28. The van der Waals surface area contributed by atoms with Gasteiger partial charge in [0.25, 0.3) is 5.91 Å². The monoisotopic (exact) mass is 726 g/mol. The average Bonchev–Trinajstić information content (AvgIpc) is 3.96. The number of amides is 6. The molecule has 51 heavy (non-hydrogen) atoms. The van der Waals surface area contributed by atoms with Gasteiger partial charge in [-0.15, -0.1) is 6.58 Å². The number of urea groups is 1. The van der Waals surface area contributed by atoms with Crippen LogP contribution in [0.1, 0.15) is 82.4 Å². The van der Waals surface area contributed by atoms with Crippen molar-refractivity contribution in [3.63, 3.8) is 0 Å². The number of hydrogen-bond donors (Lipinski definition) is 3. The molecule has 3 fully saturated rings. The van der Waals surface area contributed by atoms with Gasteiger partial charge in [0.1, 0.15) is 23.7 Å². The number of rotatable bonds is 6. The molecular formula is C36H50N6O8S. The van der Waals surface area contributed by atoms with Crippen LogP contribution < -0.4 is 15.4 Å². The summed E-state index contributed by atoms with van der Waals surface area (Å²) in [6.07, 6.45) is 4.48. The molecule has 1 aromatic carbocycles. The number of aryl methyl sites for hydroxylation is 1. The highest BCUT2D eigenvalue weighted by molar-refractivity contribution is 7.91. The summed E-state index contributed by atoms with van der Waals surface area (Å²) in [5.41, 5.74) is 0.996. The Morgan fingerprint density at radius 1 is 1.08 bits per heavy atom. The van der Waals surface area contributed by atoms with E-state index in [1.807, 2.05) is 32.9 Å². The molecule has 3 aliphatic heterocycles. The zero-order valence-electron chi connectivity index (χ0n) is 29.9. The molecule has 3 heterocycles. The van der Waals surface area contributed by atoms with Crippen LogP contribution in [0.4, 0.5) is 9.59 Å². The van der Waals surface area contributed by atoms with Gasteiger partial charge in [-0.3, -0.25) is 24.0 Å². The minimum absolute atomic E-state index is 0.0586. The van der Waals surface area contributed by atoms with Gasteiger partial charge in [0.2, 0.25) is 21.8 Å². The topological polar surface area (TPSA) is 175 Å². The molecule has 15 heteroatoms. The molecule has 3 N–H and O–H groups in total. The lowest BCUT2D eigenvalue weighted by atomic mass is 9.85. The molecule has 0 spiro atoms. The lowest BCUT2D eigenvalue weighted by Gasteiger charge is -2.36. The minimum atomic E-state index is -3.90. The van der Waals surface area contributed by atoms with Crippen LogP contribution in [0.2, 0.25) is 0 Å². The number of fused-ring (bicyclic) bond motifs is 3. The van der Waals surface area contributed by atoms with Gasteiger partial charge in [0.15, 0.2) is 0 Å². The Morgan fingerprint density at radius 2 is 1.80 bits per heavy atom. The van der Waals surface area contributed by atoms with Gasteiger partial charge < -0.3 is 25.2 Å². The van der Waals surface area contributed by atoms with Crippen LogP contribution >= 0.6 is 0 Å². The Labute approximate surface area is 299 Å². The van der Waals surface area contributed by atoms with Crippen molar-refractivity contribution in [1.82, 2.24) is 30.1 Å². The molecule has 0 aromatic heterocycles. The van der Waals surface area contributed by atoms with Crippen LogP contribution in [0.3, 0.4) is 0 Å². The summed E-state index contributed by atoms with van der Waals surface area (Å²) in [5, 5.41) is 5.01. The summed E-state index contributed by atoms with van der Waals surface area (Å²) in [6.45, 7) is 10.3. The first-order chi connectivity index (χ1) is 24.0. The van der Waals surface area contributed by atoms with Crippen molar-refractivity contribution in [1.29, 1.82) is 0 Å². The summed E-state index contributed by atoms with van der Waals surface area (Å²) < 4.78 is 33.4. The number of benzene rings is 1. The third-order valence-corrected chi connectivity index (χ3v) is 12.7. The Morgan fingerprint density at radius 3 is 2.47 bits per heavy atom. The number of carbonyl (C=O) groups excluding carboxylic acids is 5. The van der Waals surface area contributed by atoms with Crippen LogP contribution in [0.5, 0.6) is 0 Å². The van der Waals surface area contributed by atoms with E-state index in [9.17, 15) is 32.4 Å². The van der Waals surface area contributed by atoms with Gasteiger partial charge in [-0.05, 0) is 60.6 Å². The second-order valence-electron chi connectivity index (χ2n) is 15.8. The number of sulfonamides is 1. The van der Waals surface area contributed by atoms with E-state index in [1.165, 1.54) is 16.5 Å². The molecule has 0 unspecified atom stereocenters. The van der Waals surface area contributed by atoms with E-state index < -0.39 is 80.2 Å². The molecule has 4 bridgehead atoms. The lowest BCUT2D eigenvalue weighted by Crippen LogP contribution is -2.61. The maximum absolute atomic E-state index is 14.5. The van der Waals surface area contributed by atoms with Gasteiger partial charge in [-0.1, -0.05) is 51.5 Å². The van der Waals surface area contributed by atoms with Gasteiger partial charge >= 0.3 is 12.1 Å². The summed E-state index contributed by atoms with van der Waals surface area (Å²) in [6, 6.07) is 3.42. The number of ether oxygens (including phenoxy) is 1. The maximum atomic E-state index is 14.5. The molecule has 278 valence electrons. The van der Waals surface area contributed by atoms with Crippen molar-refractivity contribution < 1.29 is 37.1 Å². The van der Waals surface area contributed by atoms with E-state index in [1.54, 1.807) is 16.8 Å². The van der Waals surface area contributed by atoms with Crippen molar-refractivity contribution >= 4 is 39.9 Å². The van der Waals surface area contributed by atoms with Crippen molar-refractivity contribution in [2.24, 2.45) is 11.3 Å². The third kappa shape index (κ3) is 7.58. The molecule has 6 amide bonds. The summed E-state index contributed by atoms with van der Waals surface area (Å²) in [7, 11) is -2.22. The number of carbonyl (C=O) groups is 5. The summed E-state index contributed by atoms with van der Waals surface area (Å²) in [4.78, 5) is 73.6. The van der Waals surface area contributed by atoms with Gasteiger partial charge in [0, 0.05) is 39.0 Å². The van der Waals surface area contributed by atoms with Gasteiger partial charge in [0.05, 0.1) is 11.8 Å². The summed E-state index contributed by atoms with van der Waals surface area (Å²) in [5.74, 6) is -2.61. The van der Waals surface area contributed by atoms with Crippen molar-refractivity contribution in [3.8, 4) is 0 Å². The molecule has 5 atom stereocenters. The lowest BCUT2D eigenvalue weighted by molar-refractivity contribution is -0.142. The molecule has 2 aliphatic carbocycles. The fraction of sp³-hybridized carbons (Fsp3) is 0.639. The average molecular weight is 727 g/mol. The van der Waals surface area contributed by atoms with Crippen LogP contribution in [0, 0.1) is 11.3 Å². The number of hydrogen-bond acceptors (Lipinski definition) is 8. The minimum Gasteiger partial charge on any atom is -0.444 e. The van der Waals surface area contributed by atoms with E-state index >= 15 is 0 Å². The fourth-order valence-corrected chi connectivity index (χ4v) is 8.82. The molecule has 2 saturated carbocycles. The first-order valence-electron chi connectivity index (χ1n) is 17.9. The molecule has 0 radical (unpaired) electrons. The highest BCUT2D eigenvalue weighted by atomic mass is 32.2. The molecule has 14 nitrogen and oxygen atoms in total. The largest absolute Gasteiger partial charge is 0.444 e. The maximum Gasteiger partial charge on any atom is 0.410 e. The highest BCUT2D eigenvalue weighted by Crippen LogP contribution is 2.45. The van der Waals surface area contributed by atoms with E-state index in [2.05, 4.69) is 28.0 Å². The molecular weight excluding hydrogens is 676 g/mol. The highest BCUT2D eigenvalue weighted by Gasteiger charge is 2.62. The molecule has 5 aliphatic rings. The summed E-state index contributed by atoms with van der Waals surface area (Å²) >= 11 is 0. The second kappa shape index (κ2) is 13.8. The van der Waals surface area contributed by atoms with Crippen molar-refractivity contribution in [2.45, 2.75) is 114 Å². The van der Waals surface area contributed by atoms with Crippen molar-refractivity contribution in [2.75, 3.05) is 20.1 Å². The van der Waals surface area contributed by atoms with Crippen LogP contribution in [-0.2, 0) is 48.7 Å². The molecule has 6 rings (SSSR count). The standard InChI is InChI=1S/C36H50N6O8S/c1-6-24-18-36(24,32(45)39-51(48,49)26-14-15-26)38-30(43)28-17-25-20-42(28)31(44)29(35(2,3)4)37-33(46)40(5)16-9-7-8-11-22-12-10-13-23-19-41(21-27(22)23)34(47)50-25/h6,10,12-13,24-26,28-29H,1,7-9,11,14-21H2,2-5H3,(H,37,46)(H,38,43)(H,39,45)/t24-,25+,28-,29+,36+/m0/s1. The Hall–Kier alpha value is -4.14. The van der Waals surface area contributed by atoms with Crippen LogP contribution in [0.15, 0.2) is 30.9 Å². The first kappa shape index (κ1) is 36.6. The van der Waals surface area contributed by atoms with Gasteiger partial charge in [-0.2, -0.15) is 0 Å². The van der Waals surface area contributed by atoms with Crippen LogP contribution in [0.25, 0.3) is 0 Å². The zero-order valence-corrected chi connectivity index (χ0v) is 30.7. The molecule has 1 saturated heterocycles. The Kier molecular flexibility index (Phi) is 9.90. The van der Waals surface area contributed by atoms with E-state index in [-0.39, 0.29) is 19.4 Å². The number of nitrogens with one attached hydrogen (secondary N) is 3. The normalized spacial score (nSPS) is 28.9. The van der Waals surface area contributed by atoms with Crippen LogP contribution in [-0.4, -0.2) is 102 Å². The predicted molar refractivity (Wildman–Crippen MR) is 187 cm³/mol. The van der Waals surface area contributed by atoms with Crippen molar-refractivity contribution in [3.05, 3.63) is 47.5 Å². The van der Waals surface area contributed by atoms with Gasteiger partial charge in [-0.25, -0.2) is 18.0 Å². The zero-order chi connectivity index (χ0) is 36.9. The number of nitrogens with zero attached hydrogens (tertiary/aromatic N) is 3. The first-order valence-corrected chi connectivity index (χ1v) is 19.5. The second-order valence-corrected chi connectivity index (χ2v) is 17.8. The fourth-order valence-electron chi connectivity index (χ4n) is 7.46. The smallest absolute Gasteiger partial charge is 0.410 e. The SMILES string of the molecule is C=C[C@H]1C[C@]1(NC(=O)[C@@H]1C[C@@H]2CN1C(=O)[C@H](C(C)(C)C)NC(=O)N(C)CCCCCc1cccc3c1CN(C3)C(=O)O2)C(=O)NS(=O)(=O)C1CC1.